The van der Waals surface area contributed by atoms with E-state index in [1.54, 1.807) is 18.6 Å². The zero-order chi connectivity index (χ0) is 12.3. The first-order valence-electron chi connectivity index (χ1n) is 5.60. The molecule has 0 atom stereocenters. The lowest BCUT2D eigenvalue weighted by molar-refractivity contribution is 0.424. The second-order valence-electron chi connectivity index (χ2n) is 4.96. The van der Waals surface area contributed by atoms with Gasteiger partial charge < -0.3 is 5.32 Å². The van der Waals surface area contributed by atoms with E-state index in [1.165, 1.54) is 0 Å². The number of nitrogens with one attached hydrogen (secondary N) is 2. The number of H-pyrrole nitrogens is 1. The molecule has 0 radical (unpaired) electrons. The van der Waals surface area contributed by atoms with E-state index in [0.717, 1.165) is 23.5 Å². The van der Waals surface area contributed by atoms with Crippen LogP contribution in [0.5, 0.6) is 0 Å². The molecule has 0 saturated heterocycles. The fourth-order valence-electron chi connectivity index (χ4n) is 1.46. The fraction of sp³-hybridized carbons (Fsp3) is 0.417. The van der Waals surface area contributed by atoms with Gasteiger partial charge >= 0.3 is 0 Å². The quantitative estimate of drug-likeness (QED) is 0.844. The van der Waals surface area contributed by atoms with Crippen molar-refractivity contribution in [1.29, 1.82) is 0 Å². The van der Waals surface area contributed by atoms with Crippen LogP contribution in [0.15, 0.2) is 24.8 Å². The Morgan fingerprint density at radius 3 is 2.71 bits per heavy atom. The highest BCUT2D eigenvalue weighted by molar-refractivity contribution is 5.56. The first-order valence-corrected chi connectivity index (χ1v) is 5.60. The van der Waals surface area contributed by atoms with Crippen LogP contribution >= 0.6 is 0 Å². The summed E-state index contributed by atoms with van der Waals surface area (Å²) in [7, 11) is 0. The maximum absolute atomic E-state index is 4.26. The van der Waals surface area contributed by atoms with E-state index in [-0.39, 0.29) is 5.54 Å². The Bertz CT molecular complexity index is 469. The highest BCUT2D eigenvalue weighted by atomic mass is 15.1. The van der Waals surface area contributed by atoms with Gasteiger partial charge in [-0.15, -0.1) is 0 Å². The number of aromatic nitrogens is 4. The summed E-state index contributed by atoms with van der Waals surface area (Å²) in [4.78, 5) is 8.32. The molecule has 17 heavy (non-hydrogen) atoms. The normalized spacial score (nSPS) is 11.7. The first-order chi connectivity index (χ1) is 8.06. The van der Waals surface area contributed by atoms with Crippen LogP contribution in [0.4, 0.5) is 0 Å². The van der Waals surface area contributed by atoms with Crippen LogP contribution in [-0.2, 0) is 6.54 Å². The highest BCUT2D eigenvalue weighted by Crippen LogP contribution is 2.17. The summed E-state index contributed by atoms with van der Waals surface area (Å²) < 4.78 is 0. The van der Waals surface area contributed by atoms with Crippen LogP contribution in [0.3, 0.4) is 0 Å². The molecule has 0 aliphatic rings. The minimum absolute atomic E-state index is 0.0803. The third-order valence-electron chi connectivity index (χ3n) is 2.35. The number of rotatable bonds is 3. The molecule has 2 aromatic rings. The molecule has 0 aromatic carbocycles. The van der Waals surface area contributed by atoms with E-state index >= 15 is 0 Å². The number of hydrogen-bond acceptors (Lipinski definition) is 4. The van der Waals surface area contributed by atoms with Crippen molar-refractivity contribution in [3.8, 4) is 11.4 Å². The summed E-state index contributed by atoms with van der Waals surface area (Å²) in [5.41, 5.74) is 2.92. The molecule has 0 aliphatic carbocycles. The molecule has 90 valence electrons. The van der Waals surface area contributed by atoms with Crippen LogP contribution in [-0.4, -0.2) is 25.7 Å². The lowest BCUT2D eigenvalue weighted by Gasteiger charge is -2.20. The van der Waals surface area contributed by atoms with Crippen LogP contribution < -0.4 is 5.32 Å². The maximum atomic E-state index is 4.26. The summed E-state index contributed by atoms with van der Waals surface area (Å²) >= 11 is 0. The molecule has 0 unspecified atom stereocenters. The second-order valence-corrected chi connectivity index (χ2v) is 4.96. The van der Waals surface area contributed by atoms with E-state index < -0.39 is 0 Å². The van der Waals surface area contributed by atoms with Crippen molar-refractivity contribution in [2.45, 2.75) is 32.9 Å². The molecule has 5 heteroatoms. The predicted molar refractivity (Wildman–Crippen MR) is 66.2 cm³/mol. The largest absolute Gasteiger partial charge is 0.308 e. The van der Waals surface area contributed by atoms with Crippen molar-refractivity contribution in [2.24, 2.45) is 0 Å². The molecule has 0 bridgehead atoms. The fourth-order valence-corrected chi connectivity index (χ4v) is 1.46. The summed E-state index contributed by atoms with van der Waals surface area (Å²) in [6.07, 6.45) is 6.89. The number of hydrogen-bond donors (Lipinski definition) is 2. The van der Waals surface area contributed by atoms with Gasteiger partial charge in [0.15, 0.2) is 0 Å². The number of nitrogens with zero attached hydrogens (tertiary/aromatic N) is 3. The van der Waals surface area contributed by atoms with Gasteiger partial charge in [-0.3, -0.25) is 15.1 Å². The van der Waals surface area contributed by atoms with Gasteiger partial charge in [0.1, 0.15) is 5.69 Å². The van der Waals surface area contributed by atoms with Gasteiger partial charge in [-0.1, -0.05) is 0 Å². The summed E-state index contributed by atoms with van der Waals surface area (Å²) in [6.45, 7) is 7.16. The molecule has 5 nitrogen and oxygen atoms in total. The summed E-state index contributed by atoms with van der Waals surface area (Å²) in [6, 6.07) is 0. The third kappa shape index (κ3) is 3.10. The first kappa shape index (κ1) is 11.7. The van der Waals surface area contributed by atoms with Crippen molar-refractivity contribution in [3.63, 3.8) is 0 Å². The topological polar surface area (TPSA) is 66.5 Å². The van der Waals surface area contributed by atoms with Crippen molar-refractivity contribution < 1.29 is 0 Å². The van der Waals surface area contributed by atoms with Crippen molar-refractivity contribution in [1.82, 2.24) is 25.5 Å². The van der Waals surface area contributed by atoms with E-state index in [1.807, 2.05) is 6.20 Å². The molecule has 0 amide bonds. The Morgan fingerprint density at radius 2 is 2.06 bits per heavy atom. The minimum atomic E-state index is 0.0803. The molecule has 2 aromatic heterocycles. The Balaban J connectivity index is 2.18. The zero-order valence-corrected chi connectivity index (χ0v) is 10.4. The summed E-state index contributed by atoms with van der Waals surface area (Å²) in [5.74, 6) is 0. The molecule has 0 saturated carbocycles. The van der Waals surface area contributed by atoms with Crippen LogP contribution in [0, 0.1) is 0 Å². The standard InChI is InChI=1S/C12H17N5/c1-12(2,3)15-6-9-7-16-17-11(9)10-8-13-4-5-14-10/h4-5,7-8,15H,6H2,1-3H3,(H,16,17). The predicted octanol–water partition coefficient (Wildman–Crippen LogP) is 1.75. The molecular formula is C12H17N5. The van der Waals surface area contributed by atoms with Crippen molar-refractivity contribution in [3.05, 3.63) is 30.4 Å². The van der Waals surface area contributed by atoms with Gasteiger partial charge in [0.2, 0.25) is 0 Å². The smallest absolute Gasteiger partial charge is 0.107 e. The van der Waals surface area contributed by atoms with Gasteiger partial charge in [-0.25, -0.2) is 0 Å². The Hall–Kier alpha value is -1.75. The summed E-state index contributed by atoms with van der Waals surface area (Å²) in [5, 5.41) is 10.5. The highest BCUT2D eigenvalue weighted by Gasteiger charge is 2.13. The van der Waals surface area contributed by atoms with E-state index in [9.17, 15) is 0 Å². The molecular weight excluding hydrogens is 214 g/mol. The Morgan fingerprint density at radius 1 is 1.24 bits per heavy atom. The molecule has 2 rings (SSSR count). The van der Waals surface area contributed by atoms with Crippen molar-refractivity contribution in [2.75, 3.05) is 0 Å². The van der Waals surface area contributed by atoms with Crippen molar-refractivity contribution >= 4 is 0 Å². The van der Waals surface area contributed by atoms with E-state index in [2.05, 4.69) is 46.3 Å². The average molecular weight is 231 g/mol. The van der Waals surface area contributed by atoms with Crippen LogP contribution in [0.25, 0.3) is 11.4 Å². The average Bonchev–Trinajstić information content (AvgIpc) is 2.75. The molecule has 0 spiro atoms. The van der Waals surface area contributed by atoms with Gasteiger partial charge in [0.25, 0.3) is 0 Å². The molecule has 2 N–H and O–H groups in total. The lowest BCUT2D eigenvalue weighted by Crippen LogP contribution is -2.35. The number of aromatic amines is 1. The van der Waals surface area contributed by atoms with Crippen LogP contribution in [0.2, 0.25) is 0 Å². The Kier molecular flexibility index (Phi) is 3.19. The Labute approximate surface area is 101 Å². The monoisotopic (exact) mass is 231 g/mol. The molecule has 0 fully saturated rings. The zero-order valence-electron chi connectivity index (χ0n) is 10.4. The lowest BCUT2D eigenvalue weighted by atomic mass is 10.1. The second kappa shape index (κ2) is 4.63. The van der Waals surface area contributed by atoms with E-state index in [4.69, 9.17) is 0 Å². The SMILES string of the molecule is CC(C)(C)NCc1cn[nH]c1-c1cnccn1. The van der Waals surface area contributed by atoms with Gasteiger partial charge in [-0.05, 0) is 20.8 Å². The third-order valence-corrected chi connectivity index (χ3v) is 2.35. The molecule has 2 heterocycles. The van der Waals surface area contributed by atoms with Gasteiger partial charge in [-0.2, -0.15) is 5.10 Å². The van der Waals surface area contributed by atoms with Gasteiger partial charge in [0, 0.05) is 30.0 Å². The van der Waals surface area contributed by atoms with Gasteiger partial charge in [0.05, 0.1) is 18.1 Å². The van der Waals surface area contributed by atoms with Crippen LogP contribution in [0.1, 0.15) is 26.3 Å². The molecule has 0 aliphatic heterocycles. The minimum Gasteiger partial charge on any atom is -0.308 e. The van der Waals surface area contributed by atoms with E-state index in [0.29, 0.717) is 0 Å². The maximum Gasteiger partial charge on any atom is 0.107 e.